The highest BCUT2D eigenvalue weighted by atomic mass is 35.5. The van der Waals surface area contributed by atoms with Crippen LogP contribution in [0.2, 0.25) is 5.02 Å². The Balaban J connectivity index is 2.21. The predicted molar refractivity (Wildman–Crippen MR) is 67.1 cm³/mol. The topological polar surface area (TPSA) is 60.9 Å². The van der Waals surface area contributed by atoms with Gasteiger partial charge in [-0.25, -0.2) is 0 Å². The van der Waals surface area contributed by atoms with Gasteiger partial charge in [-0.2, -0.15) is 5.10 Å². The highest BCUT2D eigenvalue weighted by Crippen LogP contribution is 2.46. The van der Waals surface area contributed by atoms with Crippen molar-refractivity contribution in [3.63, 3.8) is 0 Å². The quantitative estimate of drug-likeness (QED) is 0.871. The van der Waals surface area contributed by atoms with Crippen molar-refractivity contribution < 1.29 is 4.79 Å². The molecule has 0 radical (unpaired) electrons. The summed E-state index contributed by atoms with van der Waals surface area (Å²) >= 11 is 6.18. The molecule has 2 N–H and O–H groups in total. The first-order valence-electron chi connectivity index (χ1n) is 5.99. The summed E-state index contributed by atoms with van der Waals surface area (Å²) in [4.78, 5) is 12.2. The van der Waals surface area contributed by atoms with E-state index >= 15 is 0 Å². The van der Waals surface area contributed by atoms with E-state index in [0.29, 0.717) is 18.0 Å². The van der Waals surface area contributed by atoms with Crippen LogP contribution in [0.1, 0.15) is 31.2 Å². The van der Waals surface area contributed by atoms with Crippen LogP contribution < -0.4 is 5.73 Å². The molecule has 0 unspecified atom stereocenters. The predicted octanol–water partition coefficient (Wildman–Crippen LogP) is 1.72. The molecule has 1 heterocycles. The third-order valence-corrected chi connectivity index (χ3v) is 4.11. The van der Waals surface area contributed by atoms with Crippen LogP contribution in [-0.4, -0.2) is 22.1 Å². The average Bonchev–Trinajstić information content (AvgIpc) is 3.08. The Labute approximate surface area is 106 Å². The number of rotatable bonds is 5. The minimum atomic E-state index is -0.264. The number of aromatic nitrogens is 2. The van der Waals surface area contributed by atoms with Crippen molar-refractivity contribution in [3.8, 4) is 0 Å². The molecule has 1 aliphatic rings. The van der Waals surface area contributed by atoms with Crippen molar-refractivity contribution >= 4 is 17.4 Å². The zero-order chi connectivity index (χ0) is 12.6. The molecule has 0 aliphatic heterocycles. The Morgan fingerprint density at radius 3 is 2.71 bits per heavy atom. The fourth-order valence-electron chi connectivity index (χ4n) is 2.13. The van der Waals surface area contributed by atoms with Gasteiger partial charge in [0.05, 0.1) is 22.8 Å². The van der Waals surface area contributed by atoms with E-state index in [1.54, 1.807) is 0 Å². The average molecular weight is 256 g/mol. The van der Waals surface area contributed by atoms with Gasteiger partial charge in [-0.1, -0.05) is 11.6 Å². The van der Waals surface area contributed by atoms with Gasteiger partial charge < -0.3 is 5.73 Å². The van der Waals surface area contributed by atoms with Crippen molar-refractivity contribution in [3.05, 3.63) is 16.4 Å². The second-order valence-corrected chi connectivity index (χ2v) is 5.12. The molecule has 0 aromatic carbocycles. The standard InChI is InChI=1S/C12H18ClN3O/c1-3-16-9(11(13)8(2)15-16)6-10(17)12(7-14)4-5-12/h3-7,14H2,1-2H3. The molecule has 1 aromatic rings. The molecule has 94 valence electrons. The van der Waals surface area contributed by atoms with Crippen LogP contribution in [0.15, 0.2) is 0 Å². The molecule has 17 heavy (non-hydrogen) atoms. The fourth-order valence-corrected chi connectivity index (χ4v) is 2.33. The zero-order valence-electron chi connectivity index (χ0n) is 10.3. The molecule has 1 saturated carbocycles. The van der Waals surface area contributed by atoms with Crippen LogP contribution in [0, 0.1) is 12.3 Å². The molecule has 0 saturated heterocycles. The summed E-state index contributed by atoms with van der Waals surface area (Å²) in [5.41, 5.74) is 7.01. The lowest BCUT2D eigenvalue weighted by Crippen LogP contribution is -2.27. The number of nitrogens with zero attached hydrogens (tertiary/aromatic N) is 2. The summed E-state index contributed by atoms with van der Waals surface area (Å²) in [6.45, 7) is 5.03. The minimum Gasteiger partial charge on any atom is -0.329 e. The molecule has 0 spiro atoms. The van der Waals surface area contributed by atoms with Gasteiger partial charge in [0, 0.05) is 18.5 Å². The minimum absolute atomic E-state index is 0.205. The second kappa shape index (κ2) is 4.42. The van der Waals surface area contributed by atoms with E-state index in [-0.39, 0.29) is 11.2 Å². The van der Waals surface area contributed by atoms with Crippen molar-refractivity contribution in [1.82, 2.24) is 9.78 Å². The Morgan fingerprint density at radius 1 is 1.59 bits per heavy atom. The van der Waals surface area contributed by atoms with Gasteiger partial charge in [-0.15, -0.1) is 0 Å². The molecular weight excluding hydrogens is 238 g/mol. The Kier molecular flexibility index (Phi) is 3.27. The van der Waals surface area contributed by atoms with E-state index in [1.165, 1.54) is 0 Å². The summed E-state index contributed by atoms with van der Waals surface area (Å²) in [6.07, 6.45) is 2.18. The normalized spacial score (nSPS) is 17.2. The van der Waals surface area contributed by atoms with Gasteiger partial charge >= 0.3 is 0 Å². The molecule has 1 fully saturated rings. The lowest BCUT2D eigenvalue weighted by molar-refractivity contribution is -0.123. The highest BCUT2D eigenvalue weighted by Gasteiger charge is 2.48. The van der Waals surface area contributed by atoms with Crippen molar-refractivity contribution in [2.75, 3.05) is 6.54 Å². The van der Waals surface area contributed by atoms with Gasteiger partial charge in [0.2, 0.25) is 0 Å². The van der Waals surface area contributed by atoms with Crippen molar-refractivity contribution in [2.24, 2.45) is 11.1 Å². The first kappa shape index (κ1) is 12.6. The Hall–Kier alpha value is -0.870. The van der Waals surface area contributed by atoms with Gasteiger partial charge in [0.25, 0.3) is 0 Å². The largest absolute Gasteiger partial charge is 0.329 e. The molecule has 1 aromatic heterocycles. The fraction of sp³-hybridized carbons (Fsp3) is 0.667. The number of carbonyl (C=O) groups excluding carboxylic acids is 1. The first-order valence-corrected chi connectivity index (χ1v) is 6.37. The second-order valence-electron chi connectivity index (χ2n) is 4.75. The number of ketones is 1. The molecule has 5 heteroatoms. The summed E-state index contributed by atoms with van der Waals surface area (Å²) in [6, 6.07) is 0. The highest BCUT2D eigenvalue weighted by molar-refractivity contribution is 6.32. The van der Waals surface area contributed by atoms with E-state index in [1.807, 2.05) is 18.5 Å². The van der Waals surface area contributed by atoms with Crippen LogP contribution in [0.3, 0.4) is 0 Å². The van der Waals surface area contributed by atoms with Gasteiger partial charge in [-0.05, 0) is 26.7 Å². The maximum absolute atomic E-state index is 12.2. The number of hydrogen-bond acceptors (Lipinski definition) is 3. The number of hydrogen-bond donors (Lipinski definition) is 1. The SMILES string of the molecule is CCn1nc(C)c(Cl)c1CC(=O)C1(CN)CC1. The van der Waals surface area contributed by atoms with E-state index in [2.05, 4.69) is 5.10 Å². The van der Waals surface area contributed by atoms with E-state index < -0.39 is 0 Å². The summed E-state index contributed by atoms with van der Waals surface area (Å²) in [5.74, 6) is 0.205. The Bertz CT molecular complexity index is 449. The zero-order valence-corrected chi connectivity index (χ0v) is 11.0. The third kappa shape index (κ3) is 2.11. The number of halogens is 1. The monoisotopic (exact) mass is 255 g/mol. The summed E-state index contributed by atoms with van der Waals surface area (Å²) in [7, 11) is 0. The molecule has 2 rings (SSSR count). The third-order valence-electron chi connectivity index (χ3n) is 3.62. The smallest absolute Gasteiger partial charge is 0.146 e. The van der Waals surface area contributed by atoms with Gasteiger partial charge in [0.1, 0.15) is 5.78 Å². The lowest BCUT2D eigenvalue weighted by Gasteiger charge is -2.11. The van der Waals surface area contributed by atoms with Gasteiger partial charge in [-0.3, -0.25) is 9.48 Å². The molecule has 0 amide bonds. The molecule has 4 nitrogen and oxygen atoms in total. The Morgan fingerprint density at radius 2 is 2.24 bits per heavy atom. The maximum atomic E-state index is 12.2. The number of Topliss-reactive ketones (excluding diaryl/α,β-unsaturated/α-hetero) is 1. The van der Waals surface area contributed by atoms with E-state index in [9.17, 15) is 4.79 Å². The summed E-state index contributed by atoms with van der Waals surface area (Å²) < 4.78 is 1.81. The van der Waals surface area contributed by atoms with Gasteiger partial charge in [0.15, 0.2) is 0 Å². The van der Waals surface area contributed by atoms with Crippen LogP contribution in [-0.2, 0) is 17.8 Å². The summed E-state index contributed by atoms with van der Waals surface area (Å²) in [5, 5.41) is 4.93. The number of aryl methyl sites for hydroxylation is 2. The first-order chi connectivity index (χ1) is 8.04. The molecule has 0 bridgehead atoms. The molecule has 0 atom stereocenters. The van der Waals surface area contributed by atoms with Crippen LogP contribution >= 0.6 is 11.6 Å². The molecule has 1 aliphatic carbocycles. The number of nitrogens with two attached hydrogens (primary N) is 1. The van der Waals surface area contributed by atoms with Crippen LogP contribution in [0.4, 0.5) is 0 Å². The van der Waals surface area contributed by atoms with E-state index in [4.69, 9.17) is 17.3 Å². The van der Waals surface area contributed by atoms with E-state index in [0.717, 1.165) is 30.8 Å². The van der Waals surface area contributed by atoms with Crippen molar-refractivity contribution in [2.45, 2.75) is 39.7 Å². The lowest BCUT2D eigenvalue weighted by atomic mass is 9.97. The molecular formula is C12H18ClN3O. The van der Waals surface area contributed by atoms with Crippen molar-refractivity contribution in [1.29, 1.82) is 0 Å². The maximum Gasteiger partial charge on any atom is 0.146 e. The van der Waals surface area contributed by atoms with Crippen LogP contribution in [0.5, 0.6) is 0 Å². The van der Waals surface area contributed by atoms with Crippen LogP contribution in [0.25, 0.3) is 0 Å². The number of carbonyl (C=O) groups is 1.